The summed E-state index contributed by atoms with van der Waals surface area (Å²) in [6.07, 6.45) is 5.39. The zero-order valence-corrected chi connectivity index (χ0v) is 12.8. The molecule has 1 aromatic carbocycles. The Morgan fingerprint density at radius 1 is 1.17 bits per heavy atom. The van der Waals surface area contributed by atoms with Gasteiger partial charge < -0.3 is 10.2 Å². The quantitative estimate of drug-likeness (QED) is 0.940. The van der Waals surface area contributed by atoms with E-state index in [-0.39, 0.29) is 11.5 Å². The lowest BCUT2D eigenvalue weighted by atomic mass is 9.97. The number of nitrogens with zero attached hydrogens (tertiary/aromatic N) is 3. The van der Waals surface area contributed by atoms with E-state index in [1.54, 1.807) is 30.6 Å². The zero-order chi connectivity index (χ0) is 16.1. The Hall–Kier alpha value is -2.50. The largest absolute Gasteiger partial charge is 0.352 e. The molecule has 1 aromatic heterocycles. The highest BCUT2D eigenvalue weighted by molar-refractivity contribution is 5.94. The lowest BCUT2D eigenvalue weighted by Gasteiger charge is -2.31. The van der Waals surface area contributed by atoms with Crippen LogP contribution in [0.15, 0.2) is 42.7 Å². The molecule has 23 heavy (non-hydrogen) atoms. The first-order valence-corrected chi connectivity index (χ1v) is 7.79. The van der Waals surface area contributed by atoms with E-state index in [0.717, 1.165) is 31.9 Å². The van der Waals surface area contributed by atoms with Gasteiger partial charge in [0.15, 0.2) is 0 Å². The van der Waals surface area contributed by atoms with E-state index in [2.05, 4.69) is 20.2 Å². The highest BCUT2D eigenvalue weighted by Gasteiger charge is 2.21. The Balaban J connectivity index is 1.48. The number of carbonyl (C=O) groups excluding carboxylic acids is 1. The van der Waals surface area contributed by atoms with Crippen LogP contribution in [0.1, 0.15) is 23.2 Å². The molecule has 1 amide bonds. The van der Waals surface area contributed by atoms with Crippen molar-refractivity contribution >= 4 is 11.9 Å². The van der Waals surface area contributed by atoms with E-state index in [1.807, 2.05) is 0 Å². The summed E-state index contributed by atoms with van der Waals surface area (Å²) < 4.78 is 13.6. The van der Waals surface area contributed by atoms with Crippen LogP contribution in [0.4, 0.5) is 10.3 Å². The summed E-state index contributed by atoms with van der Waals surface area (Å²) in [5.41, 5.74) is 0.0996. The van der Waals surface area contributed by atoms with Crippen molar-refractivity contribution in [2.45, 2.75) is 12.8 Å². The number of benzene rings is 1. The number of rotatable bonds is 4. The molecule has 6 heteroatoms. The van der Waals surface area contributed by atoms with Crippen molar-refractivity contribution < 1.29 is 9.18 Å². The molecule has 1 aliphatic rings. The second-order valence-corrected chi connectivity index (χ2v) is 5.67. The van der Waals surface area contributed by atoms with Gasteiger partial charge in [-0.1, -0.05) is 12.1 Å². The lowest BCUT2D eigenvalue weighted by molar-refractivity contribution is 0.0941. The number of hydrogen-bond donors (Lipinski definition) is 1. The fourth-order valence-corrected chi connectivity index (χ4v) is 2.77. The summed E-state index contributed by atoms with van der Waals surface area (Å²) in [7, 11) is 0. The number of anilines is 1. The highest BCUT2D eigenvalue weighted by Crippen LogP contribution is 2.19. The van der Waals surface area contributed by atoms with Crippen LogP contribution in [0.2, 0.25) is 0 Å². The molecule has 0 atom stereocenters. The van der Waals surface area contributed by atoms with E-state index in [1.165, 1.54) is 12.1 Å². The maximum absolute atomic E-state index is 13.6. The Bertz CT molecular complexity index is 657. The van der Waals surface area contributed by atoms with Crippen LogP contribution in [0.25, 0.3) is 0 Å². The number of carbonyl (C=O) groups is 1. The van der Waals surface area contributed by atoms with Crippen LogP contribution in [-0.2, 0) is 0 Å². The summed E-state index contributed by atoms with van der Waals surface area (Å²) in [6.45, 7) is 2.30. The van der Waals surface area contributed by atoms with Crippen LogP contribution in [0.3, 0.4) is 0 Å². The van der Waals surface area contributed by atoms with Crippen LogP contribution in [-0.4, -0.2) is 35.5 Å². The zero-order valence-electron chi connectivity index (χ0n) is 12.8. The number of hydrogen-bond acceptors (Lipinski definition) is 4. The van der Waals surface area contributed by atoms with E-state index >= 15 is 0 Å². The summed E-state index contributed by atoms with van der Waals surface area (Å²) in [5.74, 6) is 0.310. The molecule has 0 aliphatic carbocycles. The minimum Gasteiger partial charge on any atom is -0.352 e. The Kier molecular flexibility index (Phi) is 4.80. The summed E-state index contributed by atoms with van der Waals surface area (Å²) >= 11 is 0. The molecule has 0 radical (unpaired) electrons. The molecule has 2 aromatic rings. The number of halogens is 1. The topological polar surface area (TPSA) is 58.1 Å². The molecule has 3 rings (SSSR count). The lowest BCUT2D eigenvalue weighted by Crippen LogP contribution is -2.39. The molecule has 0 unspecified atom stereocenters. The molecule has 0 bridgehead atoms. The van der Waals surface area contributed by atoms with Gasteiger partial charge >= 0.3 is 0 Å². The molecule has 1 N–H and O–H groups in total. The fraction of sp³-hybridized carbons (Fsp3) is 0.353. The number of amides is 1. The van der Waals surface area contributed by atoms with Crippen LogP contribution in [0.5, 0.6) is 0 Å². The van der Waals surface area contributed by atoms with Gasteiger partial charge in [0.1, 0.15) is 5.82 Å². The summed E-state index contributed by atoms with van der Waals surface area (Å²) in [6, 6.07) is 7.84. The van der Waals surface area contributed by atoms with Gasteiger partial charge in [-0.15, -0.1) is 0 Å². The van der Waals surface area contributed by atoms with E-state index in [0.29, 0.717) is 12.5 Å². The van der Waals surface area contributed by atoms with E-state index < -0.39 is 5.82 Å². The number of piperidine rings is 1. The first-order chi connectivity index (χ1) is 11.2. The molecule has 1 aliphatic heterocycles. The smallest absolute Gasteiger partial charge is 0.254 e. The van der Waals surface area contributed by atoms with Gasteiger partial charge in [-0.3, -0.25) is 4.79 Å². The van der Waals surface area contributed by atoms with Gasteiger partial charge in [-0.2, -0.15) is 0 Å². The third-order valence-electron chi connectivity index (χ3n) is 4.12. The molecule has 1 saturated heterocycles. The third-order valence-corrected chi connectivity index (χ3v) is 4.12. The summed E-state index contributed by atoms with van der Waals surface area (Å²) in [5, 5.41) is 2.84. The van der Waals surface area contributed by atoms with Crippen molar-refractivity contribution in [3.05, 3.63) is 54.1 Å². The van der Waals surface area contributed by atoms with Crippen molar-refractivity contribution in [3.63, 3.8) is 0 Å². The van der Waals surface area contributed by atoms with Crippen LogP contribution >= 0.6 is 0 Å². The molecular formula is C17H19FN4O. The number of nitrogens with one attached hydrogen (secondary N) is 1. The first kappa shape index (κ1) is 15.4. The average Bonchev–Trinajstić information content (AvgIpc) is 2.61. The molecule has 0 spiro atoms. The van der Waals surface area contributed by atoms with Crippen LogP contribution in [0, 0.1) is 11.7 Å². The van der Waals surface area contributed by atoms with Gasteiger partial charge in [0, 0.05) is 32.0 Å². The second-order valence-electron chi connectivity index (χ2n) is 5.67. The minimum atomic E-state index is -0.485. The standard InChI is InChI=1S/C17H19FN4O/c18-15-5-2-1-4-14(15)16(23)21-12-13-6-10-22(11-7-13)17-19-8-3-9-20-17/h1-5,8-9,13H,6-7,10-12H2,(H,21,23). The first-order valence-electron chi connectivity index (χ1n) is 7.79. The minimum absolute atomic E-state index is 0.0996. The Labute approximate surface area is 134 Å². The van der Waals surface area contributed by atoms with Gasteiger partial charge in [0.2, 0.25) is 5.95 Å². The van der Waals surface area contributed by atoms with E-state index in [9.17, 15) is 9.18 Å². The molecular weight excluding hydrogens is 295 g/mol. The SMILES string of the molecule is O=C(NCC1CCN(c2ncccn2)CC1)c1ccccc1F. The van der Waals surface area contributed by atoms with Gasteiger partial charge in [0.05, 0.1) is 5.56 Å². The van der Waals surface area contributed by atoms with Crippen molar-refractivity contribution in [1.82, 2.24) is 15.3 Å². The third kappa shape index (κ3) is 3.83. The molecule has 0 saturated carbocycles. The van der Waals surface area contributed by atoms with Crippen molar-refractivity contribution in [3.8, 4) is 0 Å². The maximum Gasteiger partial charge on any atom is 0.254 e. The Morgan fingerprint density at radius 3 is 2.57 bits per heavy atom. The molecule has 120 valence electrons. The normalized spacial score (nSPS) is 15.4. The highest BCUT2D eigenvalue weighted by atomic mass is 19.1. The second kappa shape index (κ2) is 7.17. The van der Waals surface area contributed by atoms with Gasteiger partial charge in [0.25, 0.3) is 5.91 Å². The maximum atomic E-state index is 13.6. The monoisotopic (exact) mass is 314 g/mol. The van der Waals surface area contributed by atoms with Crippen molar-refractivity contribution in [1.29, 1.82) is 0 Å². The molecule has 1 fully saturated rings. The molecule has 5 nitrogen and oxygen atoms in total. The Morgan fingerprint density at radius 2 is 1.87 bits per heavy atom. The predicted molar refractivity (Wildman–Crippen MR) is 85.7 cm³/mol. The summed E-state index contributed by atoms with van der Waals surface area (Å²) in [4.78, 5) is 22.7. The van der Waals surface area contributed by atoms with E-state index in [4.69, 9.17) is 0 Å². The van der Waals surface area contributed by atoms with Crippen molar-refractivity contribution in [2.75, 3.05) is 24.5 Å². The fourth-order valence-electron chi connectivity index (χ4n) is 2.77. The van der Waals surface area contributed by atoms with Crippen molar-refractivity contribution in [2.24, 2.45) is 5.92 Å². The van der Waals surface area contributed by atoms with Crippen LogP contribution < -0.4 is 10.2 Å². The molecule has 2 heterocycles. The average molecular weight is 314 g/mol. The van der Waals surface area contributed by atoms with Gasteiger partial charge in [-0.25, -0.2) is 14.4 Å². The van der Waals surface area contributed by atoms with Gasteiger partial charge in [-0.05, 0) is 37.0 Å². The number of aromatic nitrogens is 2. The predicted octanol–water partition coefficient (Wildman–Crippen LogP) is 2.26.